The summed E-state index contributed by atoms with van der Waals surface area (Å²) in [6.07, 6.45) is 0. The van der Waals surface area contributed by atoms with Crippen molar-refractivity contribution in [1.82, 2.24) is 10.3 Å². The van der Waals surface area contributed by atoms with Crippen molar-refractivity contribution in [1.29, 1.82) is 0 Å². The van der Waals surface area contributed by atoms with E-state index in [1.54, 1.807) is 18.2 Å². The standard InChI is InChI=1S/C14H15BrN2O2/c1-8-7-11(10(3)19-8)9(2)16-14(18)12-5-4-6-13(15)17-12/h4-7,9H,1-3H3,(H,16,18). The molecule has 0 radical (unpaired) electrons. The smallest absolute Gasteiger partial charge is 0.270 e. The fraction of sp³-hybridized carbons (Fsp3) is 0.286. The third kappa shape index (κ3) is 3.23. The van der Waals surface area contributed by atoms with E-state index in [0.717, 1.165) is 17.1 Å². The molecule has 0 spiro atoms. The number of hydrogen-bond donors (Lipinski definition) is 1. The molecule has 0 aliphatic heterocycles. The molecule has 4 nitrogen and oxygen atoms in total. The predicted octanol–water partition coefficient (Wildman–Crippen LogP) is 3.54. The van der Waals surface area contributed by atoms with Crippen molar-refractivity contribution >= 4 is 21.8 Å². The number of aryl methyl sites for hydroxylation is 2. The van der Waals surface area contributed by atoms with Crippen molar-refractivity contribution in [3.63, 3.8) is 0 Å². The number of carbonyl (C=O) groups is 1. The highest BCUT2D eigenvalue weighted by Gasteiger charge is 2.16. The molecular weight excluding hydrogens is 308 g/mol. The van der Waals surface area contributed by atoms with Gasteiger partial charge >= 0.3 is 0 Å². The highest BCUT2D eigenvalue weighted by Crippen LogP contribution is 2.21. The maximum Gasteiger partial charge on any atom is 0.270 e. The molecule has 1 amide bonds. The Balaban J connectivity index is 2.13. The first-order valence-corrected chi connectivity index (χ1v) is 6.77. The molecule has 2 heterocycles. The Hall–Kier alpha value is -1.62. The fourth-order valence-electron chi connectivity index (χ4n) is 1.96. The largest absolute Gasteiger partial charge is 0.466 e. The van der Waals surface area contributed by atoms with Gasteiger partial charge in [0.2, 0.25) is 0 Å². The molecule has 5 heteroatoms. The number of amides is 1. The van der Waals surface area contributed by atoms with Crippen molar-refractivity contribution in [2.75, 3.05) is 0 Å². The van der Waals surface area contributed by atoms with Crippen molar-refractivity contribution in [3.8, 4) is 0 Å². The third-order valence-corrected chi connectivity index (χ3v) is 3.28. The van der Waals surface area contributed by atoms with Gasteiger partial charge in [0.25, 0.3) is 5.91 Å². The molecular formula is C14H15BrN2O2. The van der Waals surface area contributed by atoms with E-state index in [9.17, 15) is 4.79 Å². The van der Waals surface area contributed by atoms with Crippen LogP contribution >= 0.6 is 15.9 Å². The molecule has 1 atom stereocenters. The zero-order valence-corrected chi connectivity index (χ0v) is 12.6. The predicted molar refractivity (Wildman–Crippen MR) is 76.0 cm³/mol. The van der Waals surface area contributed by atoms with Gasteiger partial charge in [-0.3, -0.25) is 4.79 Å². The van der Waals surface area contributed by atoms with Crippen LogP contribution in [0.1, 0.15) is 40.5 Å². The van der Waals surface area contributed by atoms with Gasteiger partial charge in [0, 0.05) is 5.56 Å². The van der Waals surface area contributed by atoms with E-state index in [2.05, 4.69) is 26.2 Å². The highest BCUT2D eigenvalue weighted by atomic mass is 79.9. The summed E-state index contributed by atoms with van der Waals surface area (Å²) in [5.74, 6) is 1.47. The molecule has 0 bridgehead atoms. The molecule has 0 fully saturated rings. The summed E-state index contributed by atoms with van der Waals surface area (Å²) in [4.78, 5) is 16.2. The van der Waals surface area contributed by atoms with E-state index in [1.807, 2.05) is 26.8 Å². The van der Waals surface area contributed by atoms with Crippen LogP contribution < -0.4 is 5.32 Å². The minimum Gasteiger partial charge on any atom is -0.466 e. The van der Waals surface area contributed by atoms with Crippen LogP contribution in [0.15, 0.2) is 33.3 Å². The number of nitrogens with one attached hydrogen (secondary N) is 1. The Morgan fingerprint density at radius 1 is 1.42 bits per heavy atom. The quantitative estimate of drug-likeness (QED) is 0.879. The van der Waals surface area contributed by atoms with E-state index in [4.69, 9.17) is 4.42 Å². The van der Waals surface area contributed by atoms with Crippen molar-refractivity contribution < 1.29 is 9.21 Å². The number of rotatable bonds is 3. The highest BCUT2D eigenvalue weighted by molar-refractivity contribution is 9.10. The lowest BCUT2D eigenvalue weighted by Crippen LogP contribution is -2.27. The van der Waals surface area contributed by atoms with Gasteiger partial charge in [0.05, 0.1) is 6.04 Å². The molecule has 1 N–H and O–H groups in total. The van der Waals surface area contributed by atoms with Crippen LogP contribution in [0.3, 0.4) is 0 Å². The number of pyridine rings is 1. The molecule has 0 aromatic carbocycles. The summed E-state index contributed by atoms with van der Waals surface area (Å²) in [6, 6.07) is 7.06. The van der Waals surface area contributed by atoms with Crippen LogP contribution in [0, 0.1) is 13.8 Å². The van der Waals surface area contributed by atoms with Gasteiger partial charge in [0.15, 0.2) is 0 Å². The lowest BCUT2D eigenvalue weighted by molar-refractivity contribution is 0.0934. The van der Waals surface area contributed by atoms with Gasteiger partial charge in [-0.05, 0) is 54.9 Å². The minimum atomic E-state index is -0.202. The molecule has 100 valence electrons. The Labute approximate surface area is 120 Å². The average Bonchev–Trinajstić information content (AvgIpc) is 2.68. The summed E-state index contributed by atoms with van der Waals surface area (Å²) in [6.45, 7) is 5.70. The Morgan fingerprint density at radius 3 is 2.74 bits per heavy atom. The van der Waals surface area contributed by atoms with E-state index in [-0.39, 0.29) is 11.9 Å². The first-order valence-electron chi connectivity index (χ1n) is 5.97. The molecule has 0 aliphatic rings. The van der Waals surface area contributed by atoms with Crippen LogP contribution in [-0.2, 0) is 0 Å². The van der Waals surface area contributed by atoms with Gasteiger partial charge < -0.3 is 9.73 Å². The summed E-state index contributed by atoms with van der Waals surface area (Å²) in [5, 5.41) is 2.91. The molecule has 2 aromatic rings. The van der Waals surface area contributed by atoms with Crippen molar-refractivity contribution in [2.45, 2.75) is 26.8 Å². The van der Waals surface area contributed by atoms with E-state index < -0.39 is 0 Å². The van der Waals surface area contributed by atoms with Gasteiger partial charge in [0.1, 0.15) is 21.8 Å². The van der Waals surface area contributed by atoms with Gasteiger partial charge in [-0.1, -0.05) is 6.07 Å². The van der Waals surface area contributed by atoms with E-state index in [0.29, 0.717) is 10.3 Å². The Kier molecular flexibility index (Phi) is 4.04. The van der Waals surface area contributed by atoms with Crippen LogP contribution in [-0.4, -0.2) is 10.9 Å². The van der Waals surface area contributed by atoms with Gasteiger partial charge in [-0.25, -0.2) is 4.98 Å². The summed E-state index contributed by atoms with van der Waals surface area (Å²) < 4.78 is 6.11. The van der Waals surface area contributed by atoms with Crippen LogP contribution in [0.25, 0.3) is 0 Å². The molecule has 1 unspecified atom stereocenters. The number of nitrogens with zero attached hydrogens (tertiary/aromatic N) is 1. The monoisotopic (exact) mass is 322 g/mol. The normalized spacial score (nSPS) is 12.2. The summed E-state index contributed by atoms with van der Waals surface area (Å²) in [7, 11) is 0. The Morgan fingerprint density at radius 2 is 2.16 bits per heavy atom. The number of aromatic nitrogens is 1. The zero-order valence-electron chi connectivity index (χ0n) is 11.0. The van der Waals surface area contributed by atoms with Crippen molar-refractivity contribution in [2.24, 2.45) is 0 Å². The summed E-state index contributed by atoms with van der Waals surface area (Å²) in [5.41, 5.74) is 1.37. The number of hydrogen-bond acceptors (Lipinski definition) is 3. The Bertz CT molecular complexity index is 607. The summed E-state index contributed by atoms with van der Waals surface area (Å²) >= 11 is 3.25. The molecule has 0 saturated carbocycles. The van der Waals surface area contributed by atoms with Crippen molar-refractivity contribution in [3.05, 3.63) is 51.6 Å². The minimum absolute atomic E-state index is 0.120. The van der Waals surface area contributed by atoms with Crippen LogP contribution in [0.5, 0.6) is 0 Å². The molecule has 2 aromatic heterocycles. The number of furan rings is 1. The second-order valence-electron chi connectivity index (χ2n) is 4.41. The maximum absolute atomic E-state index is 12.1. The van der Waals surface area contributed by atoms with Gasteiger partial charge in [-0.15, -0.1) is 0 Å². The molecule has 0 saturated heterocycles. The molecule has 2 rings (SSSR count). The third-order valence-electron chi connectivity index (χ3n) is 2.84. The fourth-order valence-corrected chi connectivity index (χ4v) is 2.31. The van der Waals surface area contributed by atoms with Crippen LogP contribution in [0.4, 0.5) is 0 Å². The lowest BCUT2D eigenvalue weighted by Gasteiger charge is -2.12. The van der Waals surface area contributed by atoms with Crippen LogP contribution in [0.2, 0.25) is 0 Å². The van der Waals surface area contributed by atoms with Gasteiger partial charge in [-0.2, -0.15) is 0 Å². The maximum atomic E-state index is 12.1. The lowest BCUT2D eigenvalue weighted by atomic mass is 10.1. The van der Waals surface area contributed by atoms with E-state index in [1.165, 1.54) is 0 Å². The first kappa shape index (κ1) is 13.8. The number of carbonyl (C=O) groups excluding carboxylic acids is 1. The SMILES string of the molecule is Cc1cc(C(C)NC(=O)c2cccc(Br)n2)c(C)o1. The zero-order chi connectivity index (χ0) is 14.0. The second-order valence-corrected chi connectivity index (χ2v) is 5.22. The topological polar surface area (TPSA) is 55.1 Å². The van der Waals surface area contributed by atoms with E-state index >= 15 is 0 Å². The first-order chi connectivity index (χ1) is 8.97. The average molecular weight is 323 g/mol. The second kappa shape index (κ2) is 5.57. The molecule has 19 heavy (non-hydrogen) atoms. The number of halogens is 1. The molecule has 0 aliphatic carbocycles.